The van der Waals surface area contributed by atoms with Crippen molar-refractivity contribution in [3.05, 3.63) is 64.3 Å². The van der Waals surface area contributed by atoms with Crippen LogP contribution in [0.5, 0.6) is 0 Å². The Morgan fingerprint density at radius 2 is 1.72 bits per heavy atom. The number of sulfonamides is 1. The Hall–Kier alpha value is -2.20. The molecule has 0 unspecified atom stereocenters. The van der Waals surface area contributed by atoms with E-state index in [1.807, 2.05) is 25.1 Å². The number of carbonyl (C=O) groups is 1. The summed E-state index contributed by atoms with van der Waals surface area (Å²) in [5, 5.41) is 4.26. The zero-order chi connectivity index (χ0) is 20.6. The second-order valence-corrected chi connectivity index (χ2v) is 10.6. The summed E-state index contributed by atoms with van der Waals surface area (Å²) in [5.41, 5.74) is 2.46. The number of thiophene rings is 1. The van der Waals surface area contributed by atoms with Crippen molar-refractivity contribution >= 4 is 38.9 Å². The van der Waals surface area contributed by atoms with Crippen LogP contribution in [-0.4, -0.2) is 59.5 Å². The Balaban J connectivity index is 1.42. The Morgan fingerprint density at radius 1 is 1.03 bits per heavy atom. The smallest absolute Gasteiger partial charge is 0.253 e. The number of halogens is 1. The molecule has 0 spiro atoms. The molecule has 1 fully saturated rings. The highest BCUT2D eigenvalue weighted by molar-refractivity contribution is 7.91. The number of amides is 1. The second-order valence-electron chi connectivity index (χ2n) is 6.69. The predicted molar refractivity (Wildman–Crippen MR) is 112 cm³/mol. The molecule has 0 aliphatic carbocycles. The highest BCUT2D eigenvalue weighted by Crippen LogP contribution is 2.28. The average Bonchev–Trinajstić information content (AvgIpc) is 3.36. The van der Waals surface area contributed by atoms with Gasteiger partial charge in [-0.1, -0.05) is 11.6 Å². The quantitative estimate of drug-likeness (QED) is 0.612. The third-order valence-corrected chi connectivity index (χ3v) is 8.46. The number of benzene rings is 1. The fourth-order valence-corrected chi connectivity index (χ4v) is 6.32. The number of aromatic nitrogens is 2. The van der Waals surface area contributed by atoms with Crippen LogP contribution in [0.15, 0.2) is 52.9 Å². The molecular formula is C19H19ClN4O3S2. The summed E-state index contributed by atoms with van der Waals surface area (Å²) in [6.07, 6.45) is 1.73. The van der Waals surface area contributed by atoms with Crippen LogP contribution in [0.1, 0.15) is 16.1 Å². The van der Waals surface area contributed by atoms with Crippen LogP contribution < -0.4 is 0 Å². The third-order valence-electron chi connectivity index (χ3n) is 4.86. The first-order chi connectivity index (χ1) is 13.9. The first-order valence-corrected chi connectivity index (χ1v) is 11.7. The Kier molecular flexibility index (Phi) is 5.48. The summed E-state index contributed by atoms with van der Waals surface area (Å²) in [4.78, 5) is 14.5. The summed E-state index contributed by atoms with van der Waals surface area (Å²) in [5.74, 6) is -0.107. The van der Waals surface area contributed by atoms with Crippen molar-refractivity contribution in [2.45, 2.75) is 11.1 Å². The van der Waals surface area contributed by atoms with Crippen molar-refractivity contribution in [3.63, 3.8) is 0 Å². The van der Waals surface area contributed by atoms with Crippen LogP contribution in [0.3, 0.4) is 0 Å². The molecule has 1 aliphatic rings. The fraction of sp³-hybridized carbons (Fsp3) is 0.263. The number of rotatable bonds is 4. The molecule has 3 heterocycles. The maximum absolute atomic E-state index is 12.8. The molecular weight excluding hydrogens is 432 g/mol. The Bertz CT molecular complexity index is 1130. The second kappa shape index (κ2) is 7.91. The van der Waals surface area contributed by atoms with Gasteiger partial charge in [0.05, 0.1) is 10.0 Å². The van der Waals surface area contributed by atoms with E-state index in [1.165, 1.54) is 10.4 Å². The van der Waals surface area contributed by atoms with Gasteiger partial charge in [-0.2, -0.15) is 9.40 Å². The monoisotopic (exact) mass is 450 g/mol. The van der Waals surface area contributed by atoms with Gasteiger partial charge in [-0.05, 0) is 49.4 Å². The molecule has 2 aromatic heterocycles. The topological polar surface area (TPSA) is 75.5 Å². The first-order valence-electron chi connectivity index (χ1n) is 9.02. The van der Waals surface area contributed by atoms with E-state index in [4.69, 9.17) is 11.6 Å². The van der Waals surface area contributed by atoms with Gasteiger partial charge in [0.25, 0.3) is 15.9 Å². The standard InChI is InChI=1S/C19H19ClN4O3S2/c1-14-8-9-21-24(14)16-4-2-15(3-5-16)19(25)22-10-12-23(13-11-22)29(26,27)18-7-6-17(20)28-18/h2-9H,10-13H2,1H3. The van der Waals surface area contributed by atoms with Crippen molar-refractivity contribution in [1.29, 1.82) is 0 Å². The van der Waals surface area contributed by atoms with E-state index >= 15 is 0 Å². The molecule has 0 saturated carbocycles. The molecule has 10 heteroatoms. The minimum atomic E-state index is -3.57. The largest absolute Gasteiger partial charge is 0.336 e. The van der Waals surface area contributed by atoms with Crippen LogP contribution in [0.2, 0.25) is 4.34 Å². The van der Waals surface area contributed by atoms with Crippen LogP contribution in [0, 0.1) is 6.92 Å². The molecule has 29 heavy (non-hydrogen) atoms. The molecule has 4 rings (SSSR count). The lowest BCUT2D eigenvalue weighted by molar-refractivity contribution is 0.0698. The van der Waals surface area contributed by atoms with E-state index in [1.54, 1.807) is 34.0 Å². The molecule has 1 aliphatic heterocycles. The molecule has 1 saturated heterocycles. The lowest BCUT2D eigenvalue weighted by Gasteiger charge is -2.33. The summed E-state index contributed by atoms with van der Waals surface area (Å²) in [6, 6.07) is 12.3. The maximum atomic E-state index is 12.8. The van der Waals surface area contributed by atoms with Gasteiger partial charge in [-0.3, -0.25) is 4.79 Å². The van der Waals surface area contributed by atoms with Crippen molar-refractivity contribution in [3.8, 4) is 5.69 Å². The van der Waals surface area contributed by atoms with Gasteiger partial charge < -0.3 is 4.90 Å². The van der Waals surface area contributed by atoms with Crippen LogP contribution >= 0.6 is 22.9 Å². The lowest BCUT2D eigenvalue weighted by Crippen LogP contribution is -2.50. The van der Waals surface area contributed by atoms with E-state index in [0.717, 1.165) is 22.7 Å². The van der Waals surface area contributed by atoms with E-state index in [-0.39, 0.29) is 23.2 Å². The molecule has 3 aromatic rings. The number of nitrogens with zero attached hydrogens (tertiary/aromatic N) is 4. The van der Waals surface area contributed by atoms with E-state index < -0.39 is 10.0 Å². The molecule has 0 radical (unpaired) electrons. The highest BCUT2D eigenvalue weighted by atomic mass is 35.5. The zero-order valence-electron chi connectivity index (χ0n) is 15.7. The predicted octanol–water partition coefficient (Wildman–Crippen LogP) is 3.04. The normalized spacial score (nSPS) is 15.6. The summed E-state index contributed by atoms with van der Waals surface area (Å²) in [7, 11) is -3.57. The van der Waals surface area contributed by atoms with Crippen LogP contribution in [0.25, 0.3) is 5.69 Å². The SMILES string of the molecule is Cc1ccnn1-c1ccc(C(=O)N2CCN(S(=O)(=O)c3ccc(Cl)s3)CC2)cc1. The minimum Gasteiger partial charge on any atom is -0.336 e. The summed E-state index contributed by atoms with van der Waals surface area (Å²) < 4.78 is 29.3. The van der Waals surface area contributed by atoms with Gasteiger partial charge in [0, 0.05) is 43.6 Å². The van der Waals surface area contributed by atoms with Gasteiger partial charge in [0.2, 0.25) is 0 Å². The number of aryl methyl sites for hydroxylation is 1. The molecule has 1 amide bonds. The van der Waals surface area contributed by atoms with E-state index in [2.05, 4.69) is 5.10 Å². The molecule has 0 atom stereocenters. The molecule has 0 N–H and O–H groups in total. The fourth-order valence-electron chi connectivity index (χ4n) is 3.26. The minimum absolute atomic E-state index is 0.107. The summed E-state index contributed by atoms with van der Waals surface area (Å²) in [6.45, 7) is 3.17. The highest BCUT2D eigenvalue weighted by Gasteiger charge is 2.31. The van der Waals surface area contributed by atoms with Gasteiger partial charge in [-0.25, -0.2) is 13.1 Å². The zero-order valence-corrected chi connectivity index (χ0v) is 18.0. The maximum Gasteiger partial charge on any atom is 0.253 e. The van der Waals surface area contributed by atoms with Crippen molar-refractivity contribution < 1.29 is 13.2 Å². The average molecular weight is 451 g/mol. The van der Waals surface area contributed by atoms with Gasteiger partial charge in [0.15, 0.2) is 0 Å². The van der Waals surface area contributed by atoms with Gasteiger partial charge in [0.1, 0.15) is 4.21 Å². The Labute approximate surface area is 178 Å². The van der Waals surface area contributed by atoms with Crippen molar-refractivity contribution in [2.24, 2.45) is 0 Å². The molecule has 0 bridgehead atoms. The van der Waals surface area contributed by atoms with E-state index in [0.29, 0.717) is 23.0 Å². The third kappa shape index (κ3) is 3.95. The first kappa shape index (κ1) is 20.1. The van der Waals surface area contributed by atoms with Crippen LogP contribution in [0.4, 0.5) is 0 Å². The number of carbonyl (C=O) groups excluding carboxylic acids is 1. The number of hydrogen-bond acceptors (Lipinski definition) is 5. The lowest BCUT2D eigenvalue weighted by atomic mass is 10.1. The molecule has 1 aromatic carbocycles. The molecule has 7 nitrogen and oxygen atoms in total. The Morgan fingerprint density at radius 3 is 2.28 bits per heavy atom. The summed E-state index contributed by atoms with van der Waals surface area (Å²) >= 11 is 6.91. The van der Waals surface area contributed by atoms with E-state index in [9.17, 15) is 13.2 Å². The van der Waals surface area contributed by atoms with Crippen molar-refractivity contribution in [1.82, 2.24) is 19.0 Å². The number of hydrogen-bond donors (Lipinski definition) is 0. The molecule has 152 valence electrons. The van der Waals surface area contributed by atoms with Crippen LogP contribution in [-0.2, 0) is 10.0 Å². The van der Waals surface area contributed by atoms with Gasteiger partial charge >= 0.3 is 0 Å². The number of piperazine rings is 1. The van der Waals surface area contributed by atoms with Crippen molar-refractivity contribution in [2.75, 3.05) is 26.2 Å². The van der Waals surface area contributed by atoms with Gasteiger partial charge in [-0.15, -0.1) is 11.3 Å².